The monoisotopic (exact) mass is 236 g/mol. The number of hydrogen-bond acceptors (Lipinski definition) is 2. The van der Waals surface area contributed by atoms with Crippen molar-refractivity contribution < 1.29 is 9.59 Å². The van der Waals surface area contributed by atoms with Crippen molar-refractivity contribution >= 4 is 11.9 Å². The van der Waals surface area contributed by atoms with Crippen molar-refractivity contribution in [2.75, 3.05) is 7.05 Å². The van der Waals surface area contributed by atoms with Crippen molar-refractivity contribution in [3.8, 4) is 0 Å². The van der Waals surface area contributed by atoms with Crippen LogP contribution in [0.2, 0.25) is 0 Å². The van der Waals surface area contributed by atoms with Crippen LogP contribution in [-0.2, 0) is 4.79 Å². The molecule has 4 heteroatoms. The summed E-state index contributed by atoms with van der Waals surface area (Å²) in [5.74, 6) is 0.118. The zero-order valence-electron chi connectivity index (χ0n) is 10.9. The Morgan fingerprint density at radius 3 is 2.29 bits per heavy atom. The number of allylic oxidation sites excluding steroid dienone is 3. The molecular formula is C13H20N2O2. The molecule has 0 aromatic rings. The largest absolute Gasteiger partial charge is 0.328 e. The van der Waals surface area contributed by atoms with Crippen LogP contribution in [-0.4, -0.2) is 23.9 Å². The molecule has 17 heavy (non-hydrogen) atoms. The smallest absolute Gasteiger partial charge is 0.292 e. The Bertz CT molecular complexity index is 379. The first-order valence-electron chi connectivity index (χ1n) is 6.02. The van der Waals surface area contributed by atoms with Gasteiger partial charge in [0.05, 0.1) is 0 Å². The number of nitrogens with zero attached hydrogens (tertiary/aromatic N) is 1. The summed E-state index contributed by atoms with van der Waals surface area (Å²) in [6.07, 6.45) is 5.88. The number of imide groups is 1. The predicted molar refractivity (Wildman–Crippen MR) is 67.2 cm³/mol. The fourth-order valence-electron chi connectivity index (χ4n) is 2.02. The van der Waals surface area contributed by atoms with Crippen LogP contribution in [0.15, 0.2) is 23.4 Å². The molecule has 0 radical (unpaired) electrons. The maximum absolute atomic E-state index is 11.6. The third-order valence-electron chi connectivity index (χ3n) is 3.21. The lowest BCUT2D eigenvalue weighted by Gasteiger charge is -2.15. The molecule has 0 aromatic carbocycles. The summed E-state index contributed by atoms with van der Waals surface area (Å²) < 4.78 is 0. The molecule has 0 saturated carbocycles. The number of carbonyl (C=O) groups is 2. The molecule has 1 N–H and O–H groups in total. The summed E-state index contributed by atoms with van der Waals surface area (Å²) >= 11 is 0. The summed E-state index contributed by atoms with van der Waals surface area (Å²) in [5, 5.41) is 2.27. The van der Waals surface area contributed by atoms with E-state index in [1.54, 1.807) is 7.05 Å². The van der Waals surface area contributed by atoms with Gasteiger partial charge in [0.25, 0.3) is 5.91 Å². The van der Waals surface area contributed by atoms with E-state index in [9.17, 15) is 9.59 Å². The summed E-state index contributed by atoms with van der Waals surface area (Å²) in [5.41, 5.74) is 1.54. The van der Waals surface area contributed by atoms with Crippen molar-refractivity contribution in [2.24, 2.45) is 5.92 Å². The lowest BCUT2D eigenvalue weighted by Crippen LogP contribution is -2.24. The minimum Gasteiger partial charge on any atom is -0.292 e. The van der Waals surface area contributed by atoms with E-state index in [-0.39, 0.29) is 11.9 Å². The first-order valence-corrected chi connectivity index (χ1v) is 6.02. The van der Waals surface area contributed by atoms with Gasteiger partial charge in [0.1, 0.15) is 5.70 Å². The molecule has 1 aliphatic rings. The molecule has 1 aliphatic heterocycles. The molecule has 3 amide bonds. The molecule has 4 nitrogen and oxygen atoms in total. The molecule has 1 saturated heterocycles. The van der Waals surface area contributed by atoms with Gasteiger partial charge in [-0.15, -0.1) is 0 Å². The zero-order valence-corrected chi connectivity index (χ0v) is 10.9. The lowest BCUT2D eigenvalue weighted by molar-refractivity contribution is -0.116. The molecule has 0 aliphatic carbocycles. The summed E-state index contributed by atoms with van der Waals surface area (Å²) in [6, 6.07) is -0.360. The van der Waals surface area contributed by atoms with Gasteiger partial charge in [-0.05, 0) is 37.3 Å². The van der Waals surface area contributed by atoms with E-state index >= 15 is 0 Å². The van der Waals surface area contributed by atoms with Gasteiger partial charge in [-0.2, -0.15) is 0 Å². The van der Waals surface area contributed by atoms with Gasteiger partial charge in [0.15, 0.2) is 0 Å². The molecular weight excluding hydrogens is 216 g/mol. The van der Waals surface area contributed by atoms with Crippen LogP contribution < -0.4 is 5.32 Å². The second-order valence-corrected chi connectivity index (χ2v) is 4.15. The lowest BCUT2D eigenvalue weighted by atomic mass is 9.92. The Morgan fingerprint density at radius 1 is 1.35 bits per heavy atom. The van der Waals surface area contributed by atoms with Gasteiger partial charge in [0.2, 0.25) is 0 Å². The Morgan fingerprint density at radius 2 is 1.94 bits per heavy atom. The highest BCUT2D eigenvalue weighted by Gasteiger charge is 2.30. The number of urea groups is 1. The average molecular weight is 236 g/mol. The number of nitrogens with one attached hydrogen (secondary N) is 1. The minimum absolute atomic E-state index is 0.317. The highest BCUT2D eigenvalue weighted by atomic mass is 16.2. The highest BCUT2D eigenvalue weighted by molar-refractivity contribution is 6.11. The molecule has 1 heterocycles. The second kappa shape index (κ2) is 5.66. The molecule has 0 aromatic heterocycles. The highest BCUT2D eigenvalue weighted by Crippen LogP contribution is 2.23. The van der Waals surface area contributed by atoms with Crippen molar-refractivity contribution in [2.45, 2.75) is 33.6 Å². The third-order valence-corrected chi connectivity index (χ3v) is 3.21. The SMILES string of the molecule is CC=C(C=C1C(=O)NC(=O)N1C)C(CC)CC. The maximum Gasteiger partial charge on any atom is 0.328 e. The molecule has 1 fully saturated rings. The summed E-state index contributed by atoms with van der Waals surface area (Å²) in [7, 11) is 1.60. The van der Waals surface area contributed by atoms with Gasteiger partial charge in [-0.1, -0.05) is 19.9 Å². The van der Waals surface area contributed by atoms with Crippen molar-refractivity contribution in [3.05, 3.63) is 23.4 Å². The molecule has 0 atom stereocenters. The van der Waals surface area contributed by atoms with Crippen LogP contribution in [0.5, 0.6) is 0 Å². The van der Waals surface area contributed by atoms with Gasteiger partial charge < -0.3 is 0 Å². The topological polar surface area (TPSA) is 49.4 Å². The van der Waals surface area contributed by atoms with Crippen LogP contribution in [0, 0.1) is 5.92 Å². The van der Waals surface area contributed by atoms with Crippen LogP contribution in [0.1, 0.15) is 33.6 Å². The van der Waals surface area contributed by atoms with E-state index in [1.165, 1.54) is 4.90 Å². The average Bonchev–Trinajstić information content (AvgIpc) is 2.55. The standard InChI is InChI=1S/C13H20N2O2/c1-5-9(6-2)10(7-3)8-11-12(16)14-13(17)15(11)4/h7-9H,5-6H2,1-4H3,(H,14,16,17). The van der Waals surface area contributed by atoms with Gasteiger partial charge in [0, 0.05) is 7.05 Å². The quantitative estimate of drug-likeness (QED) is 0.602. The molecule has 0 bridgehead atoms. The first kappa shape index (κ1) is 13.5. The van der Waals surface area contributed by atoms with E-state index in [1.807, 2.05) is 19.1 Å². The van der Waals surface area contributed by atoms with E-state index in [2.05, 4.69) is 19.2 Å². The van der Waals surface area contributed by atoms with Crippen molar-refractivity contribution in [1.29, 1.82) is 0 Å². The molecule has 1 rings (SSSR count). The van der Waals surface area contributed by atoms with Crippen LogP contribution in [0.25, 0.3) is 0 Å². The van der Waals surface area contributed by atoms with E-state index in [4.69, 9.17) is 0 Å². The van der Waals surface area contributed by atoms with Crippen LogP contribution in [0.3, 0.4) is 0 Å². The number of hydrogen-bond donors (Lipinski definition) is 1. The normalized spacial score (nSPS) is 19.5. The minimum atomic E-state index is -0.360. The fraction of sp³-hybridized carbons (Fsp3) is 0.538. The van der Waals surface area contributed by atoms with Crippen LogP contribution >= 0.6 is 0 Å². The van der Waals surface area contributed by atoms with Gasteiger partial charge in [-0.25, -0.2) is 4.79 Å². The zero-order chi connectivity index (χ0) is 13.0. The van der Waals surface area contributed by atoms with Crippen molar-refractivity contribution in [3.63, 3.8) is 0 Å². The summed E-state index contributed by atoms with van der Waals surface area (Å²) in [4.78, 5) is 24.2. The Labute approximate surface area is 102 Å². The fourth-order valence-corrected chi connectivity index (χ4v) is 2.02. The number of amides is 3. The Balaban J connectivity index is 3.01. The van der Waals surface area contributed by atoms with Crippen LogP contribution in [0.4, 0.5) is 4.79 Å². The van der Waals surface area contributed by atoms with E-state index < -0.39 is 0 Å². The summed E-state index contributed by atoms with van der Waals surface area (Å²) in [6.45, 7) is 6.21. The third kappa shape index (κ3) is 2.75. The molecule has 0 spiro atoms. The first-order chi connectivity index (χ1) is 8.04. The second-order valence-electron chi connectivity index (χ2n) is 4.15. The number of likely N-dealkylation sites (N-methyl/N-ethyl adjacent to an activating group) is 1. The molecule has 0 unspecified atom stereocenters. The predicted octanol–water partition coefficient (Wildman–Crippen LogP) is 2.43. The molecule has 94 valence electrons. The van der Waals surface area contributed by atoms with E-state index in [0.717, 1.165) is 18.4 Å². The van der Waals surface area contributed by atoms with Crippen molar-refractivity contribution in [1.82, 2.24) is 10.2 Å². The van der Waals surface area contributed by atoms with Gasteiger partial charge in [-0.3, -0.25) is 15.0 Å². The number of rotatable bonds is 4. The number of carbonyl (C=O) groups excluding carboxylic acids is 2. The Hall–Kier alpha value is -1.58. The van der Waals surface area contributed by atoms with E-state index in [0.29, 0.717) is 11.6 Å². The maximum atomic E-state index is 11.6. The Kier molecular flexibility index (Phi) is 4.49. The van der Waals surface area contributed by atoms with Gasteiger partial charge >= 0.3 is 6.03 Å².